The Morgan fingerprint density at radius 3 is 1.78 bits per heavy atom. The highest BCUT2D eigenvalue weighted by Crippen LogP contribution is 2.53. The van der Waals surface area contributed by atoms with E-state index in [1.54, 1.807) is 0 Å². The number of fused-ring (bicyclic) bond motifs is 5. The minimum Gasteiger partial charge on any atom is -0.453 e. The molecule has 0 fully saturated rings. The predicted octanol–water partition coefficient (Wildman–Crippen LogP) is 2.09. The Balaban J connectivity index is 1.98. The van der Waals surface area contributed by atoms with Crippen LogP contribution in [0, 0.1) is 0 Å². The Kier molecular flexibility index (Phi) is 1.66. The van der Waals surface area contributed by atoms with Crippen molar-refractivity contribution >= 4 is 11.4 Å². The number of nitrogens with two attached hydrogens (primary N) is 2. The van der Waals surface area contributed by atoms with E-state index < -0.39 is 0 Å². The fraction of sp³-hybridized carbons (Fsp3) is 0.143. The standard InChI is InChI=1S/C14H12N2O2/c15-7-3-1-5-9-11(7)13-12-8(16)4-2-6-10(12)18-14(13)17-9/h1-6,13-14H,15-16H2. The number of anilines is 2. The summed E-state index contributed by atoms with van der Waals surface area (Å²) in [6.45, 7) is 0. The van der Waals surface area contributed by atoms with Gasteiger partial charge in [-0.15, -0.1) is 0 Å². The molecule has 2 aliphatic rings. The van der Waals surface area contributed by atoms with Crippen molar-refractivity contribution in [2.75, 3.05) is 11.5 Å². The lowest BCUT2D eigenvalue weighted by Crippen LogP contribution is -2.20. The van der Waals surface area contributed by atoms with Crippen LogP contribution < -0.4 is 20.9 Å². The zero-order valence-electron chi connectivity index (χ0n) is 9.59. The fourth-order valence-electron chi connectivity index (χ4n) is 2.82. The van der Waals surface area contributed by atoms with Gasteiger partial charge >= 0.3 is 0 Å². The van der Waals surface area contributed by atoms with Gasteiger partial charge in [0.1, 0.15) is 11.5 Å². The lowest BCUT2D eigenvalue weighted by Gasteiger charge is -2.10. The largest absolute Gasteiger partial charge is 0.453 e. The maximum absolute atomic E-state index is 6.06. The van der Waals surface area contributed by atoms with Gasteiger partial charge in [0.25, 0.3) is 6.29 Å². The van der Waals surface area contributed by atoms with Gasteiger partial charge in [0, 0.05) is 22.5 Å². The molecule has 0 radical (unpaired) electrons. The minimum absolute atomic E-state index is 0.0163. The molecule has 0 spiro atoms. The molecule has 90 valence electrons. The van der Waals surface area contributed by atoms with E-state index in [2.05, 4.69) is 0 Å². The average molecular weight is 240 g/mol. The number of benzene rings is 2. The van der Waals surface area contributed by atoms with E-state index in [9.17, 15) is 0 Å². The lowest BCUT2D eigenvalue weighted by atomic mass is 9.91. The molecular weight excluding hydrogens is 228 g/mol. The Morgan fingerprint density at radius 1 is 0.778 bits per heavy atom. The Bertz CT molecular complexity index is 599. The molecule has 4 nitrogen and oxygen atoms in total. The van der Waals surface area contributed by atoms with E-state index in [0.717, 1.165) is 34.0 Å². The van der Waals surface area contributed by atoms with Crippen molar-refractivity contribution in [1.29, 1.82) is 0 Å². The minimum atomic E-state index is -0.343. The molecule has 0 unspecified atom stereocenters. The van der Waals surface area contributed by atoms with Gasteiger partial charge in [-0.1, -0.05) is 12.1 Å². The van der Waals surface area contributed by atoms with Gasteiger partial charge < -0.3 is 20.9 Å². The first-order valence-electron chi connectivity index (χ1n) is 5.86. The van der Waals surface area contributed by atoms with Crippen molar-refractivity contribution in [3.63, 3.8) is 0 Å². The van der Waals surface area contributed by atoms with E-state index in [1.165, 1.54) is 0 Å². The summed E-state index contributed by atoms with van der Waals surface area (Å²) in [6, 6.07) is 11.3. The molecule has 0 saturated carbocycles. The molecule has 2 heterocycles. The van der Waals surface area contributed by atoms with Gasteiger partial charge in [0.2, 0.25) is 0 Å². The van der Waals surface area contributed by atoms with Gasteiger partial charge in [-0.05, 0) is 24.3 Å². The fourth-order valence-corrected chi connectivity index (χ4v) is 2.82. The van der Waals surface area contributed by atoms with Gasteiger partial charge in [-0.3, -0.25) is 0 Å². The van der Waals surface area contributed by atoms with E-state index >= 15 is 0 Å². The van der Waals surface area contributed by atoms with E-state index in [4.69, 9.17) is 20.9 Å². The number of rotatable bonds is 0. The highest BCUT2D eigenvalue weighted by atomic mass is 16.7. The summed E-state index contributed by atoms with van der Waals surface area (Å²) >= 11 is 0. The molecule has 0 atom stereocenters. The molecule has 4 N–H and O–H groups in total. The van der Waals surface area contributed by atoms with Crippen LogP contribution in [0.1, 0.15) is 17.0 Å². The highest BCUT2D eigenvalue weighted by Gasteiger charge is 2.45. The Hall–Kier alpha value is -2.36. The molecule has 0 bridgehead atoms. The van der Waals surface area contributed by atoms with Crippen LogP contribution in [0.3, 0.4) is 0 Å². The van der Waals surface area contributed by atoms with Crippen LogP contribution in [0.2, 0.25) is 0 Å². The molecule has 2 aliphatic heterocycles. The van der Waals surface area contributed by atoms with Crippen LogP contribution in [-0.4, -0.2) is 6.29 Å². The van der Waals surface area contributed by atoms with Crippen molar-refractivity contribution in [1.82, 2.24) is 0 Å². The molecule has 0 aromatic heterocycles. The van der Waals surface area contributed by atoms with Gasteiger partial charge in [0.15, 0.2) is 0 Å². The summed E-state index contributed by atoms with van der Waals surface area (Å²) in [5.41, 5.74) is 15.5. The normalized spacial score (nSPS) is 22.7. The highest BCUT2D eigenvalue weighted by molar-refractivity contribution is 5.69. The van der Waals surface area contributed by atoms with Crippen molar-refractivity contribution in [3.05, 3.63) is 47.5 Å². The molecular formula is C14H12N2O2. The second-order valence-electron chi connectivity index (χ2n) is 4.60. The smallest absolute Gasteiger partial charge is 0.252 e. The van der Waals surface area contributed by atoms with E-state index in [1.807, 2.05) is 36.4 Å². The molecule has 2 aromatic rings. The average Bonchev–Trinajstić information content (AvgIpc) is 2.84. The van der Waals surface area contributed by atoms with Crippen LogP contribution in [0.25, 0.3) is 0 Å². The summed E-state index contributed by atoms with van der Waals surface area (Å²) < 4.78 is 11.6. The number of ether oxygens (including phenoxy) is 2. The number of hydrogen-bond donors (Lipinski definition) is 2. The first kappa shape index (κ1) is 9.65. The summed E-state index contributed by atoms with van der Waals surface area (Å²) in [7, 11) is 0. The molecule has 18 heavy (non-hydrogen) atoms. The number of hydrogen-bond acceptors (Lipinski definition) is 4. The monoisotopic (exact) mass is 240 g/mol. The summed E-state index contributed by atoms with van der Waals surface area (Å²) in [4.78, 5) is 0. The third kappa shape index (κ3) is 1.05. The van der Waals surface area contributed by atoms with Crippen LogP contribution in [0.4, 0.5) is 11.4 Å². The van der Waals surface area contributed by atoms with Crippen molar-refractivity contribution in [2.24, 2.45) is 0 Å². The second-order valence-corrected chi connectivity index (χ2v) is 4.60. The lowest BCUT2D eigenvalue weighted by molar-refractivity contribution is 0.0330. The van der Waals surface area contributed by atoms with E-state index in [-0.39, 0.29) is 12.2 Å². The van der Waals surface area contributed by atoms with Crippen molar-refractivity contribution in [3.8, 4) is 11.5 Å². The molecule has 2 aromatic carbocycles. The van der Waals surface area contributed by atoms with Gasteiger partial charge in [-0.2, -0.15) is 0 Å². The zero-order chi connectivity index (χ0) is 12.3. The SMILES string of the molecule is Nc1cccc2c1C1c3c(N)cccc3OC1O2. The first-order valence-corrected chi connectivity index (χ1v) is 5.86. The van der Waals surface area contributed by atoms with Crippen LogP contribution in [0.15, 0.2) is 36.4 Å². The quantitative estimate of drug-likeness (QED) is 0.692. The van der Waals surface area contributed by atoms with E-state index in [0.29, 0.717) is 0 Å². The second kappa shape index (κ2) is 3.10. The summed E-state index contributed by atoms with van der Waals surface area (Å²) in [6.07, 6.45) is -0.343. The molecule has 0 amide bonds. The number of nitrogen functional groups attached to an aromatic ring is 2. The van der Waals surface area contributed by atoms with Crippen molar-refractivity contribution < 1.29 is 9.47 Å². The molecule has 4 rings (SSSR count). The Labute approximate surface area is 104 Å². The zero-order valence-corrected chi connectivity index (χ0v) is 9.59. The third-order valence-corrected chi connectivity index (χ3v) is 3.58. The molecule has 4 heteroatoms. The Morgan fingerprint density at radius 2 is 1.28 bits per heavy atom. The first-order chi connectivity index (χ1) is 8.75. The maximum atomic E-state index is 6.06. The third-order valence-electron chi connectivity index (χ3n) is 3.58. The molecule has 0 aliphatic carbocycles. The predicted molar refractivity (Wildman–Crippen MR) is 68.6 cm³/mol. The van der Waals surface area contributed by atoms with Crippen LogP contribution in [-0.2, 0) is 0 Å². The summed E-state index contributed by atoms with van der Waals surface area (Å²) in [5, 5.41) is 0. The topological polar surface area (TPSA) is 70.5 Å². The summed E-state index contributed by atoms with van der Waals surface area (Å²) in [5.74, 6) is 1.57. The van der Waals surface area contributed by atoms with Crippen LogP contribution >= 0.6 is 0 Å². The van der Waals surface area contributed by atoms with Gasteiger partial charge in [-0.25, -0.2) is 0 Å². The van der Waals surface area contributed by atoms with Crippen LogP contribution in [0.5, 0.6) is 11.5 Å². The maximum Gasteiger partial charge on any atom is 0.252 e. The van der Waals surface area contributed by atoms with Gasteiger partial charge in [0.05, 0.1) is 5.92 Å². The van der Waals surface area contributed by atoms with Crippen molar-refractivity contribution in [2.45, 2.75) is 12.2 Å². The molecule has 0 saturated heterocycles.